The maximum absolute atomic E-state index is 11.6. The van der Waals surface area contributed by atoms with Gasteiger partial charge in [0, 0.05) is 11.3 Å². The van der Waals surface area contributed by atoms with Gasteiger partial charge in [-0.1, -0.05) is 0 Å². The Kier molecular flexibility index (Phi) is 1.27. The van der Waals surface area contributed by atoms with Gasteiger partial charge in [0.05, 0.1) is 31.3 Å². The fourth-order valence-corrected chi connectivity index (χ4v) is 4.69. The minimum Gasteiger partial charge on any atom is -0.469 e. The second-order valence-electron chi connectivity index (χ2n) is 5.30. The zero-order valence-corrected chi connectivity index (χ0v) is 8.55. The van der Waals surface area contributed by atoms with Crippen molar-refractivity contribution in [2.24, 2.45) is 23.2 Å². The van der Waals surface area contributed by atoms with Crippen molar-refractivity contribution in [1.29, 1.82) is 0 Å². The Morgan fingerprint density at radius 3 is 3.07 bits per heavy atom. The van der Waals surface area contributed by atoms with Gasteiger partial charge in [-0.05, 0) is 18.8 Å². The highest BCUT2D eigenvalue weighted by molar-refractivity contribution is 5.76. The molecule has 2 unspecified atom stereocenters. The second kappa shape index (κ2) is 2.23. The molecule has 82 valence electrons. The molecule has 0 amide bonds. The number of hydrogen-bond acceptors (Lipinski definition) is 4. The average molecular weight is 210 g/mol. The summed E-state index contributed by atoms with van der Waals surface area (Å²) in [5, 5.41) is 10.0. The Balaban J connectivity index is 1.70. The molecule has 3 saturated carbocycles. The molecule has 4 heteroatoms. The molecule has 4 aliphatic rings. The summed E-state index contributed by atoms with van der Waals surface area (Å²) in [6, 6.07) is 0. The van der Waals surface area contributed by atoms with E-state index < -0.39 is 0 Å². The molecule has 0 aromatic rings. The van der Waals surface area contributed by atoms with Gasteiger partial charge in [0.2, 0.25) is 0 Å². The molecular formula is C11H14O4. The number of rotatable bonds is 1. The SMILES string of the molecule is COC(=O)[C@@H]1[C@@H]2[C@H]3O[C@H]3C23C(O)CC[C@@H]13. The molecule has 7 atom stereocenters. The van der Waals surface area contributed by atoms with Crippen molar-refractivity contribution in [2.45, 2.75) is 31.2 Å². The number of aliphatic hydroxyl groups excluding tert-OH is 1. The van der Waals surface area contributed by atoms with E-state index in [-0.39, 0.29) is 41.5 Å². The lowest BCUT2D eigenvalue weighted by atomic mass is 9.38. The zero-order chi connectivity index (χ0) is 10.4. The van der Waals surface area contributed by atoms with Gasteiger partial charge in [0.1, 0.15) is 0 Å². The van der Waals surface area contributed by atoms with E-state index in [9.17, 15) is 9.90 Å². The van der Waals surface area contributed by atoms with Crippen LogP contribution in [0.25, 0.3) is 0 Å². The predicted octanol–water partition coefficient (Wildman–Crippen LogP) is -0.0563. The van der Waals surface area contributed by atoms with Crippen LogP contribution in [-0.2, 0) is 14.3 Å². The molecule has 1 saturated heterocycles. The largest absolute Gasteiger partial charge is 0.469 e. The van der Waals surface area contributed by atoms with E-state index >= 15 is 0 Å². The van der Waals surface area contributed by atoms with Crippen molar-refractivity contribution in [3.8, 4) is 0 Å². The molecule has 4 nitrogen and oxygen atoms in total. The van der Waals surface area contributed by atoms with E-state index in [0.717, 1.165) is 12.8 Å². The molecule has 3 aliphatic carbocycles. The van der Waals surface area contributed by atoms with Crippen LogP contribution in [0.2, 0.25) is 0 Å². The number of aliphatic hydroxyl groups is 1. The lowest BCUT2D eigenvalue weighted by Gasteiger charge is -2.62. The van der Waals surface area contributed by atoms with Gasteiger partial charge in [-0.25, -0.2) is 0 Å². The van der Waals surface area contributed by atoms with Crippen molar-refractivity contribution in [2.75, 3.05) is 7.11 Å². The molecule has 4 rings (SSSR count). The summed E-state index contributed by atoms with van der Waals surface area (Å²) in [7, 11) is 1.44. The van der Waals surface area contributed by atoms with Crippen LogP contribution in [0.4, 0.5) is 0 Å². The van der Waals surface area contributed by atoms with Gasteiger partial charge in [-0.3, -0.25) is 4.79 Å². The van der Waals surface area contributed by atoms with E-state index in [1.165, 1.54) is 7.11 Å². The van der Waals surface area contributed by atoms with Gasteiger partial charge in [0.15, 0.2) is 0 Å². The number of carbonyl (C=O) groups is 1. The van der Waals surface area contributed by atoms with Crippen molar-refractivity contribution in [3.05, 3.63) is 0 Å². The third-order valence-electron chi connectivity index (χ3n) is 5.21. The van der Waals surface area contributed by atoms with Crippen molar-refractivity contribution in [1.82, 2.24) is 0 Å². The number of ether oxygens (including phenoxy) is 2. The number of fused-ring (bicyclic) bond motifs is 2. The van der Waals surface area contributed by atoms with E-state index in [4.69, 9.17) is 9.47 Å². The van der Waals surface area contributed by atoms with Crippen molar-refractivity contribution in [3.63, 3.8) is 0 Å². The van der Waals surface area contributed by atoms with Crippen LogP contribution >= 0.6 is 0 Å². The minimum absolute atomic E-state index is 0.00380. The number of epoxide rings is 1. The molecule has 0 aromatic heterocycles. The number of esters is 1. The highest BCUT2D eigenvalue weighted by Gasteiger charge is 2.89. The smallest absolute Gasteiger partial charge is 0.309 e. The first-order chi connectivity index (χ1) is 7.22. The summed E-state index contributed by atoms with van der Waals surface area (Å²) >= 11 is 0. The normalized spacial score (nSPS) is 63.1. The van der Waals surface area contributed by atoms with Gasteiger partial charge in [0.25, 0.3) is 0 Å². The van der Waals surface area contributed by atoms with Gasteiger partial charge >= 0.3 is 5.97 Å². The van der Waals surface area contributed by atoms with Crippen LogP contribution in [0.1, 0.15) is 12.8 Å². The molecule has 0 aromatic carbocycles. The Labute approximate surface area is 87.5 Å². The molecule has 15 heavy (non-hydrogen) atoms. The van der Waals surface area contributed by atoms with Crippen LogP contribution in [0.3, 0.4) is 0 Å². The topological polar surface area (TPSA) is 59.1 Å². The van der Waals surface area contributed by atoms with Crippen molar-refractivity contribution >= 4 is 5.97 Å². The van der Waals surface area contributed by atoms with Gasteiger partial charge < -0.3 is 14.6 Å². The third-order valence-corrected chi connectivity index (χ3v) is 5.21. The molecule has 0 radical (unpaired) electrons. The minimum atomic E-state index is -0.253. The Hall–Kier alpha value is -0.610. The van der Waals surface area contributed by atoms with Gasteiger partial charge in [-0.15, -0.1) is 0 Å². The highest BCUT2D eigenvalue weighted by Crippen LogP contribution is 2.80. The lowest BCUT2D eigenvalue weighted by Crippen LogP contribution is -2.72. The molecule has 1 aliphatic heterocycles. The first kappa shape index (κ1) is 8.53. The van der Waals surface area contributed by atoms with Crippen LogP contribution in [0.5, 0.6) is 0 Å². The Morgan fingerprint density at radius 2 is 2.33 bits per heavy atom. The zero-order valence-electron chi connectivity index (χ0n) is 8.55. The molecule has 1 spiro atoms. The van der Waals surface area contributed by atoms with E-state index in [0.29, 0.717) is 5.92 Å². The maximum Gasteiger partial charge on any atom is 0.309 e. The summed E-state index contributed by atoms with van der Waals surface area (Å²) in [5.74, 6) is 0.450. The van der Waals surface area contributed by atoms with Crippen LogP contribution in [0, 0.1) is 23.2 Å². The molecule has 0 bridgehead atoms. The third kappa shape index (κ3) is 0.633. The summed E-state index contributed by atoms with van der Waals surface area (Å²) in [5.41, 5.74) is -0.0521. The summed E-state index contributed by atoms with van der Waals surface area (Å²) in [6.07, 6.45) is 2.02. The van der Waals surface area contributed by atoms with Crippen molar-refractivity contribution < 1.29 is 19.4 Å². The summed E-state index contributed by atoms with van der Waals surface area (Å²) in [4.78, 5) is 11.6. The first-order valence-electron chi connectivity index (χ1n) is 5.64. The average Bonchev–Trinajstić information content (AvgIpc) is 2.83. The number of carbonyl (C=O) groups excluding carboxylic acids is 1. The van der Waals surface area contributed by atoms with Crippen LogP contribution in [0.15, 0.2) is 0 Å². The predicted molar refractivity (Wildman–Crippen MR) is 48.8 cm³/mol. The molecular weight excluding hydrogens is 196 g/mol. The quantitative estimate of drug-likeness (QED) is 0.486. The fourth-order valence-electron chi connectivity index (χ4n) is 4.69. The second-order valence-corrected chi connectivity index (χ2v) is 5.30. The highest BCUT2D eigenvalue weighted by atomic mass is 16.6. The fraction of sp³-hybridized carbons (Fsp3) is 0.909. The van der Waals surface area contributed by atoms with E-state index in [1.54, 1.807) is 0 Å². The standard InChI is InChI=1S/C11H14O4/c1-14-10(13)6-4-2-3-5(12)11(4)7(6)8-9(11)15-8/h4-9,12H,2-3H2,1H3/t4-,5?,6-,7+,8+,9+,11?/m0/s1. The Morgan fingerprint density at radius 1 is 1.53 bits per heavy atom. The van der Waals surface area contributed by atoms with Gasteiger partial charge in [-0.2, -0.15) is 0 Å². The molecule has 1 heterocycles. The summed E-state index contributed by atoms with van der Waals surface area (Å²) in [6.45, 7) is 0. The van der Waals surface area contributed by atoms with Crippen LogP contribution in [-0.4, -0.2) is 36.5 Å². The molecule has 1 N–H and O–H groups in total. The van der Waals surface area contributed by atoms with Crippen LogP contribution < -0.4 is 0 Å². The first-order valence-corrected chi connectivity index (χ1v) is 5.64. The number of hydrogen-bond donors (Lipinski definition) is 1. The maximum atomic E-state index is 11.6. The summed E-state index contributed by atoms with van der Waals surface area (Å²) < 4.78 is 10.4. The number of methoxy groups -OCH3 is 1. The lowest BCUT2D eigenvalue weighted by molar-refractivity contribution is -0.212. The Bertz CT molecular complexity index is 346. The van der Waals surface area contributed by atoms with E-state index in [2.05, 4.69) is 0 Å². The molecule has 4 fully saturated rings. The monoisotopic (exact) mass is 210 g/mol. The van der Waals surface area contributed by atoms with E-state index in [1.807, 2.05) is 0 Å².